The van der Waals surface area contributed by atoms with E-state index in [-0.39, 0.29) is 11.1 Å². The van der Waals surface area contributed by atoms with Crippen molar-refractivity contribution in [2.45, 2.75) is 32.9 Å². The predicted molar refractivity (Wildman–Crippen MR) is 84.5 cm³/mol. The number of nitrogens with one attached hydrogen (secondary N) is 1. The van der Waals surface area contributed by atoms with Crippen molar-refractivity contribution in [3.63, 3.8) is 0 Å². The van der Waals surface area contributed by atoms with Gasteiger partial charge < -0.3 is 5.32 Å². The van der Waals surface area contributed by atoms with Crippen LogP contribution in [0.5, 0.6) is 0 Å². The van der Waals surface area contributed by atoms with Gasteiger partial charge in [-0.15, -0.1) is 0 Å². The largest absolute Gasteiger partial charge is 0.305 e. The minimum atomic E-state index is -0.426. The maximum Gasteiger partial charge on any atom is 0.146 e. The van der Waals surface area contributed by atoms with Crippen molar-refractivity contribution in [1.29, 1.82) is 0 Å². The highest BCUT2D eigenvalue weighted by Gasteiger charge is 2.24. The molecule has 0 fully saturated rings. The van der Waals surface area contributed by atoms with Gasteiger partial charge in [-0.2, -0.15) is 5.10 Å². The van der Waals surface area contributed by atoms with Crippen molar-refractivity contribution in [2.24, 2.45) is 0 Å². The van der Waals surface area contributed by atoms with Gasteiger partial charge in [0.15, 0.2) is 0 Å². The maximum atomic E-state index is 14.4. The number of halogens is 3. The molecule has 1 N–H and O–H groups in total. The first-order chi connectivity index (χ1) is 10.1. The van der Waals surface area contributed by atoms with Crippen LogP contribution in [0.2, 0.25) is 10.0 Å². The van der Waals surface area contributed by atoms with Crippen molar-refractivity contribution in [3.05, 3.63) is 51.5 Å². The molecule has 1 aromatic heterocycles. The molecule has 0 saturated carbocycles. The summed E-state index contributed by atoms with van der Waals surface area (Å²) in [6.45, 7) is 5.42. The SMILES string of the molecule is CCCn1ncc(Cl)c1C(NCC)c1cccc(Cl)c1F. The zero-order valence-corrected chi connectivity index (χ0v) is 13.5. The van der Waals surface area contributed by atoms with Gasteiger partial charge in [0.05, 0.1) is 28.0 Å². The Hall–Kier alpha value is -1.10. The topological polar surface area (TPSA) is 29.9 Å². The van der Waals surface area contributed by atoms with Crippen LogP contribution in [0.4, 0.5) is 4.39 Å². The summed E-state index contributed by atoms with van der Waals surface area (Å²) in [4.78, 5) is 0. The summed E-state index contributed by atoms with van der Waals surface area (Å²) in [6.07, 6.45) is 2.52. The number of aryl methyl sites for hydroxylation is 1. The van der Waals surface area contributed by atoms with Gasteiger partial charge in [0.2, 0.25) is 0 Å². The zero-order valence-electron chi connectivity index (χ0n) is 12.0. The summed E-state index contributed by atoms with van der Waals surface area (Å²) in [5.74, 6) is -0.426. The van der Waals surface area contributed by atoms with Gasteiger partial charge in [-0.1, -0.05) is 49.2 Å². The first-order valence-electron chi connectivity index (χ1n) is 6.98. The first-order valence-corrected chi connectivity index (χ1v) is 7.74. The van der Waals surface area contributed by atoms with Gasteiger partial charge >= 0.3 is 0 Å². The van der Waals surface area contributed by atoms with Crippen LogP contribution in [0, 0.1) is 5.82 Å². The fourth-order valence-electron chi connectivity index (χ4n) is 2.35. The lowest BCUT2D eigenvalue weighted by Crippen LogP contribution is -2.26. The molecule has 0 aliphatic carbocycles. The zero-order chi connectivity index (χ0) is 15.4. The van der Waals surface area contributed by atoms with E-state index in [9.17, 15) is 4.39 Å². The van der Waals surface area contributed by atoms with Gasteiger partial charge in [-0.3, -0.25) is 4.68 Å². The Morgan fingerprint density at radius 2 is 2.05 bits per heavy atom. The molecule has 0 aliphatic rings. The van der Waals surface area contributed by atoms with Gasteiger partial charge in [-0.05, 0) is 19.0 Å². The molecule has 1 unspecified atom stereocenters. The van der Waals surface area contributed by atoms with Crippen LogP contribution in [-0.2, 0) is 6.54 Å². The Morgan fingerprint density at radius 1 is 1.29 bits per heavy atom. The van der Waals surface area contributed by atoms with Gasteiger partial charge in [0, 0.05) is 12.1 Å². The average molecular weight is 330 g/mol. The van der Waals surface area contributed by atoms with Crippen LogP contribution < -0.4 is 5.32 Å². The molecule has 0 saturated heterocycles. The molecule has 3 nitrogen and oxygen atoms in total. The van der Waals surface area contributed by atoms with Crippen molar-refractivity contribution in [2.75, 3.05) is 6.54 Å². The summed E-state index contributed by atoms with van der Waals surface area (Å²) in [5, 5.41) is 8.17. The third-order valence-electron chi connectivity index (χ3n) is 3.24. The Labute approximate surface area is 134 Å². The molecular weight excluding hydrogens is 312 g/mol. The monoisotopic (exact) mass is 329 g/mol. The van der Waals surface area contributed by atoms with E-state index in [2.05, 4.69) is 17.3 Å². The molecule has 0 aliphatic heterocycles. The quantitative estimate of drug-likeness (QED) is 0.849. The molecule has 1 aromatic carbocycles. The smallest absolute Gasteiger partial charge is 0.146 e. The molecule has 0 spiro atoms. The van der Waals surface area contributed by atoms with Gasteiger partial charge in [-0.25, -0.2) is 4.39 Å². The Morgan fingerprint density at radius 3 is 2.71 bits per heavy atom. The fourth-order valence-corrected chi connectivity index (χ4v) is 2.78. The van der Waals surface area contributed by atoms with Crippen molar-refractivity contribution in [3.8, 4) is 0 Å². The van der Waals surface area contributed by atoms with Crippen molar-refractivity contribution >= 4 is 23.2 Å². The third-order valence-corrected chi connectivity index (χ3v) is 3.83. The standard InChI is InChI=1S/C15H18Cl2FN3/c1-3-8-21-15(12(17)9-20-21)14(19-4-2)10-6-5-7-11(16)13(10)18/h5-7,9,14,19H,3-4,8H2,1-2H3. The number of aromatic nitrogens is 2. The molecule has 114 valence electrons. The lowest BCUT2D eigenvalue weighted by atomic mass is 10.0. The molecule has 0 bridgehead atoms. The van der Waals surface area contributed by atoms with E-state index in [1.165, 1.54) is 6.07 Å². The van der Waals surface area contributed by atoms with Gasteiger partial charge in [0.1, 0.15) is 5.82 Å². The Balaban J connectivity index is 2.53. The lowest BCUT2D eigenvalue weighted by molar-refractivity contribution is 0.502. The van der Waals surface area contributed by atoms with E-state index in [0.717, 1.165) is 18.7 Å². The summed E-state index contributed by atoms with van der Waals surface area (Å²) in [7, 11) is 0. The van der Waals surface area contributed by atoms with E-state index >= 15 is 0 Å². The van der Waals surface area contributed by atoms with E-state index in [0.29, 0.717) is 17.1 Å². The number of nitrogens with zero attached hydrogens (tertiary/aromatic N) is 2. The third kappa shape index (κ3) is 3.39. The molecule has 2 rings (SSSR count). The van der Waals surface area contributed by atoms with Crippen molar-refractivity contribution in [1.82, 2.24) is 15.1 Å². The number of hydrogen-bond donors (Lipinski definition) is 1. The highest BCUT2D eigenvalue weighted by Crippen LogP contribution is 2.32. The molecule has 2 aromatic rings. The second-order valence-electron chi connectivity index (χ2n) is 4.73. The van der Waals surface area contributed by atoms with Crippen LogP contribution in [-0.4, -0.2) is 16.3 Å². The van der Waals surface area contributed by atoms with E-state index < -0.39 is 5.82 Å². The minimum absolute atomic E-state index is 0.105. The molecular formula is C15H18Cl2FN3. The second kappa shape index (κ2) is 7.25. The molecule has 0 amide bonds. The highest BCUT2D eigenvalue weighted by molar-refractivity contribution is 6.31. The lowest BCUT2D eigenvalue weighted by Gasteiger charge is -2.21. The molecule has 6 heteroatoms. The Bertz CT molecular complexity index is 613. The van der Waals surface area contributed by atoms with Gasteiger partial charge in [0.25, 0.3) is 0 Å². The second-order valence-corrected chi connectivity index (χ2v) is 5.55. The molecule has 21 heavy (non-hydrogen) atoms. The molecule has 1 heterocycles. The molecule has 0 radical (unpaired) electrons. The fraction of sp³-hybridized carbons (Fsp3) is 0.400. The van der Waals surface area contributed by atoms with Crippen LogP contribution in [0.15, 0.2) is 24.4 Å². The predicted octanol–water partition coefficient (Wildman–Crippen LogP) is 4.44. The highest BCUT2D eigenvalue weighted by atomic mass is 35.5. The molecule has 1 atom stereocenters. The first kappa shape index (κ1) is 16.3. The van der Waals surface area contributed by atoms with Crippen LogP contribution >= 0.6 is 23.2 Å². The summed E-state index contributed by atoms with van der Waals surface area (Å²) < 4.78 is 16.2. The van der Waals surface area contributed by atoms with Crippen LogP contribution in [0.3, 0.4) is 0 Å². The normalized spacial score (nSPS) is 12.6. The van der Waals surface area contributed by atoms with E-state index in [1.54, 1.807) is 18.3 Å². The van der Waals surface area contributed by atoms with Crippen molar-refractivity contribution < 1.29 is 4.39 Å². The van der Waals surface area contributed by atoms with Crippen LogP contribution in [0.1, 0.15) is 37.6 Å². The summed E-state index contributed by atoms with van der Waals surface area (Å²) in [5.41, 5.74) is 1.24. The number of rotatable bonds is 6. The number of benzene rings is 1. The Kier molecular flexibility index (Phi) is 5.62. The van der Waals surface area contributed by atoms with E-state index in [4.69, 9.17) is 23.2 Å². The maximum absolute atomic E-state index is 14.4. The van der Waals surface area contributed by atoms with E-state index in [1.807, 2.05) is 11.6 Å². The average Bonchev–Trinajstić information content (AvgIpc) is 2.81. The summed E-state index contributed by atoms with van der Waals surface area (Å²) in [6, 6.07) is 4.61. The van der Waals surface area contributed by atoms with Crippen LogP contribution in [0.25, 0.3) is 0 Å². The minimum Gasteiger partial charge on any atom is -0.305 e. The summed E-state index contributed by atoms with van der Waals surface area (Å²) >= 11 is 12.2. The number of hydrogen-bond acceptors (Lipinski definition) is 2.